The number of aromatic nitrogens is 3. The van der Waals surface area contributed by atoms with Crippen molar-refractivity contribution in [3.05, 3.63) is 47.8 Å². The Bertz CT molecular complexity index is 504. The third-order valence-electron chi connectivity index (χ3n) is 2.24. The average Bonchev–Trinajstić information content (AvgIpc) is 2.39. The number of ether oxygens (including phenoxy) is 1. The lowest BCUT2D eigenvalue weighted by atomic mass is 10.1. The number of hydrogen-bond donors (Lipinski definition) is 1. The second-order valence-electron chi connectivity index (χ2n) is 3.30. The average molecular weight is 235 g/mol. The Morgan fingerprint density at radius 3 is 2.59 bits per heavy atom. The van der Waals surface area contributed by atoms with Gasteiger partial charge in [0.25, 0.3) is 0 Å². The van der Waals surface area contributed by atoms with E-state index >= 15 is 0 Å². The zero-order chi connectivity index (χ0) is 12.3. The van der Waals surface area contributed by atoms with Gasteiger partial charge < -0.3 is 9.84 Å². The second kappa shape index (κ2) is 4.84. The maximum atomic E-state index is 13.4. The number of halogens is 1. The van der Waals surface area contributed by atoms with Gasteiger partial charge in [0, 0.05) is 29.7 Å². The van der Waals surface area contributed by atoms with Crippen molar-refractivity contribution in [2.75, 3.05) is 7.11 Å². The van der Waals surface area contributed by atoms with Crippen LogP contribution in [0.5, 0.6) is 6.01 Å². The molecule has 0 aliphatic carbocycles. The molecule has 1 unspecified atom stereocenters. The molecule has 0 radical (unpaired) electrons. The van der Waals surface area contributed by atoms with Gasteiger partial charge in [0.15, 0.2) is 0 Å². The van der Waals surface area contributed by atoms with Crippen molar-refractivity contribution in [3.63, 3.8) is 0 Å². The van der Waals surface area contributed by atoms with Crippen LogP contribution < -0.4 is 4.74 Å². The molecule has 0 amide bonds. The molecule has 5 nitrogen and oxygen atoms in total. The van der Waals surface area contributed by atoms with Gasteiger partial charge in [-0.05, 0) is 6.07 Å². The van der Waals surface area contributed by atoms with Gasteiger partial charge in [-0.25, -0.2) is 14.4 Å². The summed E-state index contributed by atoms with van der Waals surface area (Å²) >= 11 is 0. The lowest BCUT2D eigenvalue weighted by Crippen LogP contribution is -2.04. The zero-order valence-electron chi connectivity index (χ0n) is 9.04. The van der Waals surface area contributed by atoms with Crippen molar-refractivity contribution in [2.24, 2.45) is 0 Å². The van der Waals surface area contributed by atoms with Crippen LogP contribution in [0.1, 0.15) is 17.2 Å². The molecule has 0 aromatic carbocycles. The molecule has 0 aliphatic rings. The minimum absolute atomic E-state index is 0.133. The van der Waals surface area contributed by atoms with Crippen molar-refractivity contribution >= 4 is 0 Å². The Labute approximate surface area is 97.0 Å². The summed E-state index contributed by atoms with van der Waals surface area (Å²) in [6, 6.07) is 1.60. The van der Waals surface area contributed by atoms with Crippen LogP contribution in [-0.2, 0) is 0 Å². The van der Waals surface area contributed by atoms with Crippen LogP contribution in [0.25, 0.3) is 0 Å². The Morgan fingerprint density at radius 2 is 2.00 bits per heavy atom. The van der Waals surface area contributed by atoms with E-state index in [2.05, 4.69) is 15.0 Å². The summed E-state index contributed by atoms with van der Waals surface area (Å²) in [4.78, 5) is 11.3. The summed E-state index contributed by atoms with van der Waals surface area (Å²) in [6.45, 7) is 0. The lowest BCUT2D eigenvalue weighted by molar-refractivity contribution is 0.213. The minimum Gasteiger partial charge on any atom is -0.467 e. The molecule has 0 saturated heterocycles. The molecule has 6 heteroatoms. The number of aliphatic hydroxyl groups excluding tert-OH is 1. The van der Waals surface area contributed by atoms with Crippen LogP contribution in [0.15, 0.2) is 30.9 Å². The number of hydrogen-bond acceptors (Lipinski definition) is 5. The molecule has 1 atom stereocenters. The van der Waals surface area contributed by atoms with Gasteiger partial charge in [-0.3, -0.25) is 4.98 Å². The standard InChI is InChI=1S/C11H10FN3O2/c1-17-11-14-4-7(5-15-11)10(16)8-2-3-13-6-9(8)12/h2-6,10,16H,1H3. The summed E-state index contributed by atoms with van der Waals surface area (Å²) in [6.07, 6.45) is 4.10. The van der Waals surface area contributed by atoms with E-state index in [0.717, 1.165) is 6.20 Å². The summed E-state index contributed by atoms with van der Waals surface area (Å²) in [5, 5.41) is 9.95. The van der Waals surface area contributed by atoms with E-state index in [-0.39, 0.29) is 11.6 Å². The molecule has 0 bridgehead atoms. The number of nitrogens with zero attached hydrogens (tertiary/aromatic N) is 3. The second-order valence-corrected chi connectivity index (χ2v) is 3.30. The molecule has 0 saturated carbocycles. The molecule has 1 N–H and O–H groups in total. The first-order valence-electron chi connectivity index (χ1n) is 4.85. The molecule has 2 aromatic heterocycles. The quantitative estimate of drug-likeness (QED) is 0.862. The largest absolute Gasteiger partial charge is 0.467 e. The highest BCUT2D eigenvalue weighted by Crippen LogP contribution is 2.22. The summed E-state index contributed by atoms with van der Waals surface area (Å²) < 4.78 is 18.2. The Morgan fingerprint density at radius 1 is 1.29 bits per heavy atom. The molecule has 17 heavy (non-hydrogen) atoms. The highest BCUT2D eigenvalue weighted by Gasteiger charge is 2.15. The third-order valence-corrected chi connectivity index (χ3v) is 2.24. The van der Waals surface area contributed by atoms with Gasteiger partial charge in [0.2, 0.25) is 0 Å². The molecule has 0 spiro atoms. The first-order valence-corrected chi connectivity index (χ1v) is 4.85. The molecular formula is C11H10FN3O2. The predicted molar refractivity (Wildman–Crippen MR) is 56.8 cm³/mol. The fourth-order valence-electron chi connectivity index (χ4n) is 1.36. The number of rotatable bonds is 3. The predicted octanol–water partition coefficient (Wildman–Crippen LogP) is 1.10. The number of methoxy groups -OCH3 is 1. The molecular weight excluding hydrogens is 225 g/mol. The first-order chi connectivity index (χ1) is 8.22. The Balaban J connectivity index is 2.30. The molecule has 0 aliphatic heterocycles. The van der Waals surface area contributed by atoms with Crippen molar-refractivity contribution in [2.45, 2.75) is 6.10 Å². The summed E-state index contributed by atoms with van der Waals surface area (Å²) in [5.74, 6) is -0.573. The van der Waals surface area contributed by atoms with E-state index in [1.54, 1.807) is 0 Å². The highest BCUT2D eigenvalue weighted by molar-refractivity contribution is 5.26. The van der Waals surface area contributed by atoms with Gasteiger partial charge in [-0.1, -0.05) is 0 Å². The third kappa shape index (κ3) is 2.36. The maximum absolute atomic E-state index is 13.4. The zero-order valence-corrected chi connectivity index (χ0v) is 9.04. The highest BCUT2D eigenvalue weighted by atomic mass is 19.1. The van der Waals surface area contributed by atoms with Gasteiger partial charge in [-0.2, -0.15) is 0 Å². The van der Waals surface area contributed by atoms with E-state index in [1.165, 1.54) is 31.8 Å². The normalized spacial score (nSPS) is 12.2. The van der Waals surface area contributed by atoms with Gasteiger partial charge in [0.1, 0.15) is 11.9 Å². The number of pyridine rings is 1. The van der Waals surface area contributed by atoms with Crippen molar-refractivity contribution in [1.82, 2.24) is 15.0 Å². The summed E-state index contributed by atoms with van der Waals surface area (Å²) in [5.41, 5.74) is 0.518. The van der Waals surface area contributed by atoms with Crippen molar-refractivity contribution in [1.29, 1.82) is 0 Å². The van der Waals surface area contributed by atoms with Crippen LogP contribution in [0.4, 0.5) is 4.39 Å². The van der Waals surface area contributed by atoms with Crippen LogP contribution in [0.2, 0.25) is 0 Å². The topological polar surface area (TPSA) is 68.1 Å². The van der Waals surface area contributed by atoms with Gasteiger partial charge in [-0.15, -0.1) is 0 Å². The fourth-order valence-corrected chi connectivity index (χ4v) is 1.36. The van der Waals surface area contributed by atoms with Crippen LogP contribution >= 0.6 is 0 Å². The molecule has 88 valence electrons. The van der Waals surface area contributed by atoms with E-state index in [1.807, 2.05) is 0 Å². The molecule has 2 heterocycles. The Hall–Kier alpha value is -2.08. The van der Waals surface area contributed by atoms with Crippen molar-refractivity contribution in [3.8, 4) is 6.01 Å². The van der Waals surface area contributed by atoms with Crippen molar-refractivity contribution < 1.29 is 14.2 Å². The lowest BCUT2D eigenvalue weighted by Gasteiger charge is -2.11. The monoisotopic (exact) mass is 235 g/mol. The SMILES string of the molecule is COc1ncc(C(O)c2ccncc2F)cn1. The van der Waals surface area contributed by atoms with E-state index in [0.29, 0.717) is 5.56 Å². The van der Waals surface area contributed by atoms with Gasteiger partial charge >= 0.3 is 6.01 Å². The molecule has 2 aromatic rings. The fraction of sp³-hybridized carbons (Fsp3) is 0.182. The summed E-state index contributed by atoms with van der Waals surface area (Å²) in [7, 11) is 1.44. The van der Waals surface area contributed by atoms with Crippen LogP contribution in [0.3, 0.4) is 0 Å². The smallest absolute Gasteiger partial charge is 0.316 e. The first kappa shape index (κ1) is 11.4. The van der Waals surface area contributed by atoms with E-state index < -0.39 is 11.9 Å². The molecule has 0 fully saturated rings. The van der Waals surface area contributed by atoms with Gasteiger partial charge in [0.05, 0.1) is 13.3 Å². The molecule has 2 rings (SSSR count). The minimum atomic E-state index is -1.12. The van der Waals surface area contributed by atoms with E-state index in [4.69, 9.17) is 4.74 Å². The Kier molecular flexibility index (Phi) is 3.24. The van der Waals surface area contributed by atoms with Crippen LogP contribution in [0, 0.1) is 5.82 Å². The maximum Gasteiger partial charge on any atom is 0.316 e. The van der Waals surface area contributed by atoms with Crippen LogP contribution in [-0.4, -0.2) is 27.2 Å². The van der Waals surface area contributed by atoms with E-state index in [9.17, 15) is 9.50 Å². The number of aliphatic hydroxyl groups is 1.